The first kappa shape index (κ1) is 21.7. The Balaban J connectivity index is 1.53. The standard InChI is InChI=1S/C24H29N3O3S/c1-15(2)30-20-7-6-16(11-18(20)14-29-3)12-27-10-8-17(13-27)21-19-5-4-9-26-24(19)31-22(21)23(25)28/h4-7,9,11,15,17H,8,10,12-14H2,1-3H3,(H2,25,28)/t17-/m1/s1. The number of amides is 1. The summed E-state index contributed by atoms with van der Waals surface area (Å²) in [5, 5.41) is 1.06. The fourth-order valence-electron chi connectivity index (χ4n) is 4.38. The number of methoxy groups -OCH3 is 1. The Kier molecular flexibility index (Phi) is 6.55. The molecule has 31 heavy (non-hydrogen) atoms. The van der Waals surface area contributed by atoms with Crippen molar-refractivity contribution in [2.24, 2.45) is 5.73 Å². The molecule has 2 aromatic heterocycles. The molecule has 2 N–H and O–H groups in total. The van der Waals surface area contributed by atoms with Crippen LogP contribution >= 0.6 is 11.3 Å². The molecule has 0 aliphatic carbocycles. The molecule has 1 aromatic carbocycles. The number of nitrogens with two attached hydrogens (primary N) is 1. The van der Waals surface area contributed by atoms with Crippen molar-refractivity contribution in [2.45, 2.75) is 45.4 Å². The largest absolute Gasteiger partial charge is 0.491 e. The fraction of sp³-hybridized carbons (Fsp3) is 0.417. The molecule has 1 amide bonds. The number of carbonyl (C=O) groups is 1. The lowest BCUT2D eigenvalue weighted by Crippen LogP contribution is -2.20. The van der Waals surface area contributed by atoms with Crippen LogP contribution in [-0.4, -0.2) is 42.1 Å². The molecule has 1 aliphatic rings. The minimum absolute atomic E-state index is 0.121. The van der Waals surface area contributed by atoms with Crippen LogP contribution in [0.3, 0.4) is 0 Å². The Labute approximate surface area is 187 Å². The smallest absolute Gasteiger partial charge is 0.259 e. The third kappa shape index (κ3) is 4.74. The lowest BCUT2D eigenvalue weighted by atomic mass is 9.95. The van der Waals surface area contributed by atoms with E-state index in [4.69, 9.17) is 15.2 Å². The molecule has 0 saturated carbocycles. The van der Waals surface area contributed by atoms with E-state index in [1.165, 1.54) is 16.9 Å². The summed E-state index contributed by atoms with van der Waals surface area (Å²) in [6.07, 6.45) is 2.88. The quantitative estimate of drug-likeness (QED) is 0.566. The van der Waals surface area contributed by atoms with Crippen LogP contribution in [-0.2, 0) is 17.9 Å². The molecule has 1 fully saturated rings. The summed E-state index contributed by atoms with van der Waals surface area (Å²) >= 11 is 1.41. The number of benzene rings is 1. The zero-order valence-corrected chi connectivity index (χ0v) is 19.1. The van der Waals surface area contributed by atoms with E-state index in [-0.39, 0.29) is 17.9 Å². The second kappa shape index (κ2) is 9.34. The summed E-state index contributed by atoms with van der Waals surface area (Å²) in [5.41, 5.74) is 9.07. The second-order valence-corrected chi connectivity index (χ2v) is 9.33. The molecule has 3 aromatic rings. The summed E-state index contributed by atoms with van der Waals surface area (Å²) in [4.78, 5) is 20.5. The second-order valence-electron chi connectivity index (χ2n) is 8.33. The lowest BCUT2D eigenvalue weighted by molar-refractivity contribution is 0.100. The minimum atomic E-state index is -0.360. The molecule has 0 bridgehead atoms. The average molecular weight is 440 g/mol. The third-order valence-corrected chi connectivity index (χ3v) is 6.75. The van der Waals surface area contributed by atoms with Crippen molar-refractivity contribution in [1.29, 1.82) is 0 Å². The molecule has 0 spiro atoms. The molecule has 1 atom stereocenters. The first-order valence-corrected chi connectivity index (χ1v) is 11.4. The zero-order chi connectivity index (χ0) is 22.0. The number of carbonyl (C=O) groups excluding carboxylic acids is 1. The van der Waals surface area contributed by atoms with Crippen LogP contribution in [0.25, 0.3) is 10.2 Å². The maximum Gasteiger partial charge on any atom is 0.259 e. The lowest BCUT2D eigenvalue weighted by Gasteiger charge is -2.19. The maximum atomic E-state index is 12.1. The van der Waals surface area contributed by atoms with Gasteiger partial charge in [-0.05, 0) is 56.1 Å². The highest BCUT2D eigenvalue weighted by atomic mass is 32.1. The molecule has 6 nitrogen and oxygen atoms in total. The number of rotatable bonds is 8. The van der Waals surface area contributed by atoms with Crippen LogP contribution in [0.5, 0.6) is 5.75 Å². The van der Waals surface area contributed by atoms with Gasteiger partial charge in [-0.2, -0.15) is 0 Å². The van der Waals surface area contributed by atoms with Gasteiger partial charge in [-0.3, -0.25) is 9.69 Å². The van der Waals surface area contributed by atoms with Gasteiger partial charge < -0.3 is 15.2 Å². The summed E-state index contributed by atoms with van der Waals surface area (Å²) in [5.74, 6) is 0.798. The van der Waals surface area contributed by atoms with E-state index in [2.05, 4.69) is 22.0 Å². The number of ether oxygens (including phenoxy) is 2. The predicted octanol–water partition coefficient (Wildman–Crippen LogP) is 4.32. The van der Waals surface area contributed by atoms with Crippen molar-refractivity contribution in [1.82, 2.24) is 9.88 Å². The number of hydrogen-bond acceptors (Lipinski definition) is 6. The Morgan fingerprint density at radius 2 is 2.19 bits per heavy atom. The molecule has 0 unspecified atom stereocenters. The van der Waals surface area contributed by atoms with E-state index >= 15 is 0 Å². The number of fused-ring (bicyclic) bond motifs is 1. The molecule has 0 radical (unpaired) electrons. The van der Waals surface area contributed by atoms with Gasteiger partial charge >= 0.3 is 0 Å². The van der Waals surface area contributed by atoms with Gasteiger partial charge in [-0.15, -0.1) is 11.3 Å². The van der Waals surface area contributed by atoms with Gasteiger partial charge in [-0.1, -0.05) is 12.1 Å². The van der Waals surface area contributed by atoms with Crippen LogP contribution in [0.4, 0.5) is 0 Å². The van der Waals surface area contributed by atoms with Gasteiger partial charge in [-0.25, -0.2) is 4.98 Å². The van der Waals surface area contributed by atoms with Crippen LogP contribution in [0.2, 0.25) is 0 Å². The highest BCUT2D eigenvalue weighted by molar-refractivity contribution is 7.20. The first-order valence-electron chi connectivity index (χ1n) is 10.6. The average Bonchev–Trinajstić information content (AvgIpc) is 3.34. The highest BCUT2D eigenvalue weighted by Crippen LogP contribution is 2.39. The van der Waals surface area contributed by atoms with Crippen molar-refractivity contribution in [3.05, 3.63) is 58.1 Å². The van der Waals surface area contributed by atoms with Crippen LogP contribution < -0.4 is 10.5 Å². The number of pyridine rings is 1. The Bertz CT molecular complexity index is 1080. The molecule has 1 aliphatic heterocycles. The van der Waals surface area contributed by atoms with E-state index in [0.29, 0.717) is 11.5 Å². The molecular weight excluding hydrogens is 410 g/mol. The van der Waals surface area contributed by atoms with Gasteiger partial charge in [0, 0.05) is 43.3 Å². The third-order valence-electron chi connectivity index (χ3n) is 5.60. The minimum Gasteiger partial charge on any atom is -0.491 e. The van der Waals surface area contributed by atoms with E-state index < -0.39 is 0 Å². The van der Waals surface area contributed by atoms with E-state index in [0.717, 1.165) is 53.1 Å². The summed E-state index contributed by atoms with van der Waals surface area (Å²) in [6, 6.07) is 10.3. The topological polar surface area (TPSA) is 77.7 Å². The molecule has 7 heteroatoms. The zero-order valence-electron chi connectivity index (χ0n) is 18.3. The maximum absolute atomic E-state index is 12.1. The van der Waals surface area contributed by atoms with Gasteiger partial charge in [0.1, 0.15) is 10.6 Å². The van der Waals surface area contributed by atoms with Gasteiger partial charge in [0.25, 0.3) is 5.91 Å². The van der Waals surface area contributed by atoms with Crippen molar-refractivity contribution in [2.75, 3.05) is 20.2 Å². The van der Waals surface area contributed by atoms with Crippen molar-refractivity contribution in [3.63, 3.8) is 0 Å². The fourth-order valence-corrected chi connectivity index (χ4v) is 5.46. The number of hydrogen-bond donors (Lipinski definition) is 1. The van der Waals surface area contributed by atoms with E-state index in [1.54, 1.807) is 13.3 Å². The molecule has 164 valence electrons. The Hall–Kier alpha value is -2.48. The number of nitrogens with zero attached hydrogens (tertiary/aromatic N) is 2. The molecule has 1 saturated heterocycles. The van der Waals surface area contributed by atoms with E-state index in [9.17, 15) is 4.79 Å². The first-order chi connectivity index (χ1) is 15.0. The van der Waals surface area contributed by atoms with Crippen LogP contribution in [0.1, 0.15) is 52.5 Å². The van der Waals surface area contributed by atoms with Gasteiger partial charge in [0.05, 0.1) is 17.6 Å². The number of likely N-dealkylation sites (tertiary alicyclic amines) is 1. The summed E-state index contributed by atoms with van der Waals surface area (Å²) in [7, 11) is 1.70. The number of aromatic nitrogens is 1. The van der Waals surface area contributed by atoms with E-state index in [1.807, 2.05) is 32.0 Å². The monoisotopic (exact) mass is 439 g/mol. The van der Waals surface area contributed by atoms with Crippen molar-refractivity contribution < 1.29 is 14.3 Å². The Morgan fingerprint density at radius 3 is 2.94 bits per heavy atom. The number of primary amides is 1. The van der Waals surface area contributed by atoms with Gasteiger partial charge in [0.2, 0.25) is 0 Å². The van der Waals surface area contributed by atoms with Crippen LogP contribution in [0.15, 0.2) is 36.5 Å². The predicted molar refractivity (Wildman–Crippen MR) is 124 cm³/mol. The summed E-state index contributed by atoms with van der Waals surface area (Å²) < 4.78 is 11.3. The van der Waals surface area contributed by atoms with Crippen molar-refractivity contribution >= 4 is 27.5 Å². The highest BCUT2D eigenvalue weighted by Gasteiger charge is 2.30. The SMILES string of the molecule is COCc1cc(CN2CC[C@@H](c3c(C(N)=O)sc4ncccc34)C2)ccc1OC(C)C. The molecule has 3 heterocycles. The molecule has 4 rings (SSSR count). The van der Waals surface area contributed by atoms with Gasteiger partial charge in [0.15, 0.2) is 0 Å². The van der Waals surface area contributed by atoms with Crippen molar-refractivity contribution in [3.8, 4) is 5.75 Å². The van der Waals surface area contributed by atoms with Crippen LogP contribution in [0, 0.1) is 0 Å². The molecular formula is C24H29N3O3S. The normalized spacial score (nSPS) is 17.0. The number of thiophene rings is 1. The summed E-state index contributed by atoms with van der Waals surface area (Å²) in [6.45, 7) is 7.29. The Morgan fingerprint density at radius 1 is 1.35 bits per heavy atom.